The van der Waals surface area contributed by atoms with Crippen LogP contribution < -0.4 is 10.2 Å². The zero-order valence-electron chi connectivity index (χ0n) is 20.0. The molecule has 1 aliphatic rings. The molecule has 2 amide bonds. The molecule has 0 aromatic heterocycles. The highest BCUT2D eigenvalue weighted by Gasteiger charge is 2.29. The molecule has 1 N–H and O–H groups in total. The van der Waals surface area contributed by atoms with Crippen LogP contribution in [0.3, 0.4) is 0 Å². The molecule has 4 nitrogen and oxygen atoms in total. The molecule has 5 heteroatoms. The number of rotatable bonds is 6. The summed E-state index contributed by atoms with van der Waals surface area (Å²) in [6.45, 7) is 3.04. The molecule has 1 aliphatic heterocycles. The van der Waals surface area contributed by atoms with Crippen molar-refractivity contribution in [1.82, 2.24) is 5.32 Å². The number of aryl methyl sites for hydroxylation is 1. The van der Waals surface area contributed by atoms with Gasteiger partial charge in [-0.05, 0) is 54.0 Å². The van der Waals surface area contributed by atoms with Crippen molar-refractivity contribution in [2.75, 3.05) is 4.90 Å². The molecule has 0 saturated heterocycles. The van der Waals surface area contributed by atoms with Crippen LogP contribution in [0.25, 0.3) is 6.08 Å². The predicted molar refractivity (Wildman–Crippen MR) is 147 cm³/mol. The fourth-order valence-electron chi connectivity index (χ4n) is 4.06. The molecule has 36 heavy (non-hydrogen) atoms. The van der Waals surface area contributed by atoms with Crippen molar-refractivity contribution in [3.05, 3.63) is 136 Å². The molecule has 0 fully saturated rings. The summed E-state index contributed by atoms with van der Waals surface area (Å²) in [6, 6.07) is 33.4. The lowest BCUT2D eigenvalue weighted by atomic mass is 10.1. The number of amides is 2. The minimum absolute atomic E-state index is 0.0241. The smallest absolute Gasteiger partial charge is 0.265 e. The second-order valence-electron chi connectivity index (χ2n) is 8.75. The van der Waals surface area contributed by atoms with Crippen LogP contribution in [-0.4, -0.2) is 11.8 Å². The van der Waals surface area contributed by atoms with Crippen molar-refractivity contribution in [2.45, 2.75) is 24.9 Å². The molecular formula is C31H26N2O2S. The molecule has 4 aromatic carbocycles. The maximum atomic E-state index is 13.5. The van der Waals surface area contributed by atoms with E-state index >= 15 is 0 Å². The number of carbonyl (C=O) groups excluding carboxylic acids is 2. The number of carbonyl (C=O) groups is 2. The van der Waals surface area contributed by atoms with Gasteiger partial charge in [-0.25, -0.2) is 0 Å². The van der Waals surface area contributed by atoms with Crippen molar-refractivity contribution in [3.63, 3.8) is 0 Å². The highest BCUT2D eigenvalue weighted by Crippen LogP contribution is 2.42. The molecule has 0 saturated carbocycles. The van der Waals surface area contributed by atoms with Gasteiger partial charge in [0.25, 0.3) is 11.8 Å². The van der Waals surface area contributed by atoms with Crippen LogP contribution >= 0.6 is 11.8 Å². The third-order valence-corrected chi connectivity index (χ3v) is 7.14. The SMILES string of the molecule is Cc1ccc(CN2C(=O)C(=Cc3ccc(C(=O)NCc4ccccc4)cc3)Sc3ccccc32)cc1. The second-order valence-corrected chi connectivity index (χ2v) is 9.83. The number of nitrogens with one attached hydrogen (secondary N) is 1. The van der Waals surface area contributed by atoms with Crippen LogP contribution in [0.2, 0.25) is 0 Å². The molecule has 0 atom stereocenters. The van der Waals surface area contributed by atoms with Gasteiger partial charge in [0.05, 0.1) is 17.1 Å². The van der Waals surface area contributed by atoms with E-state index in [9.17, 15) is 9.59 Å². The van der Waals surface area contributed by atoms with E-state index in [2.05, 4.69) is 36.5 Å². The van der Waals surface area contributed by atoms with E-state index in [-0.39, 0.29) is 11.8 Å². The first-order chi connectivity index (χ1) is 17.6. The van der Waals surface area contributed by atoms with Crippen LogP contribution in [0.15, 0.2) is 113 Å². The third-order valence-electron chi connectivity index (χ3n) is 6.06. The normalized spacial score (nSPS) is 14.0. The number of hydrogen-bond donors (Lipinski definition) is 1. The van der Waals surface area contributed by atoms with E-state index in [1.54, 1.807) is 12.1 Å². The molecule has 0 aliphatic carbocycles. The quantitative estimate of drug-likeness (QED) is 0.310. The number of benzene rings is 4. The number of para-hydroxylation sites is 1. The van der Waals surface area contributed by atoms with Crippen molar-refractivity contribution >= 4 is 35.3 Å². The van der Waals surface area contributed by atoms with E-state index in [1.165, 1.54) is 17.3 Å². The van der Waals surface area contributed by atoms with E-state index in [0.717, 1.165) is 27.3 Å². The largest absolute Gasteiger partial charge is 0.348 e. The van der Waals surface area contributed by atoms with Gasteiger partial charge in [0.2, 0.25) is 0 Å². The monoisotopic (exact) mass is 490 g/mol. The lowest BCUT2D eigenvalue weighted by Crippen LogP contribution is -2.33. The van der Waals surface area contributed by atoms with E-state index in [1.807, 2.05) is 77.7 Å². The topological polar surface area (TPSA) is 49.4 Å². The zero-order valence-corrected chi connectivity index (χ0v) is 20.8. The highest BCUT2D eigenvalue weighted by atomic mass is 32.2. The van der Waals surface area contributed by atoms with Crippen molar-refractivity contribution in [1.29, 1.82) is 0 Å². The van der Waals surface area contributed by atoms with Gasteiger partial charge in [-0.1, -0.05) is 96.2 Å². The van der Waals surface area contributed by atoms with Crippen LogP contribution in [0.4, 0.5) is 5.69 Å². The van der Waals surface area contributed by atoms with Gasteiger partial charge in [0.1, 0.15) is 0 Å². The van der Waals surface area contributed by atoms with Gasteiger partial charge in [-0.3, -0.25) is 9.59 Å². The molecular weight excluding hydrogens is 464 g/mol. The van der Waals surface area contributed by atoms with Crippen molar-refractivity contribution in [3.8, 4) is 0 Å². The van der Waals surface area contributed by atoms with Crippen molar-refractivity contribution in [2.24, 2.45) is 0 Å². The fourth-order valence-corrected chi connectivity index (χ4v) is 5.12. The first-order valence-electron chi connectivity index (χ1n) is 11.8. The van der Waals surface area contributed by atoms with Gasteiger partial charge in [-0.15, -0.1) is 0 Å². The Morgan fingerprint density at radius 3 is 2.28 bits per heavy atom. The number of nitrogens with zero attached hydrogens (tertiary/aromatic N) is 1. The van der Waals surface area contributed by atoms with E-state index in [0.29, 0.717) is 23.6 Å². The Hall–Kier alpha value is -4.09. The Labute approximate surface area is 215 Å². The lowest BCUT2D eigenvalue weighted by Gasteiger charge is -2.30. The Morgan fingerprint density at radius 1 is 0.833 bits per heavy atom. The molecule has 0 unspecified atom stereocenters. The summed E-state index contributed by atoms with van der Waals surface area (Å²) in [4.78, 5) is 29.6. The van der Waals surface area contributed by atoms with Crippen LogP contribution in [0.1, 0.15) is 32.6 Å². The van der Waals surface area contributed by atoms with E-state index in [4.69, 9.17) is 0 Å². The summed E-state index contributed by atoms with van der Waals surface area (Å²) in [5, 5.41) is 2.95. The predicted octanol–water partition coefficient (Wildman–Crippen LogP) is 6.61. The summed E-state index contributed by atoms with van der Waals surface area (Å²) < 4.78 is 0. The number of thioether (sulfide) groups is 1. The summed E-state index contributed by atoms with van der Waals surface area (Å²) in [7, 11) is 0. The van der Waals surface area contributed by atoms with Gasteiger partial charge < -0.3 is 10.2 Å². The summed E-state index contributed by atoms with van der Waals surface area (Å²) in [6.07, 6.45) is 1.90. The summed E-state index contributed by atoms with van der Waals surface area (Å²) in [5.74, 6) is -0.150. The van der Waals surface area contributed by atoms with E-state index < -0.39 is 0 Å². The van der Waals surface area contributed by atoms with Crippen LogP contribution in [0.5, 0.6) is 0 Å². The Morgan fingerprint density at radius 2 is 1.53 bits per heavy atom. The van der Waals surface area contributed by atoms with Gasteiger partial charge >= 0.3 is 0 Å². The maximum Gasteiger partial charge on any atom is 0.265 e. The number of fused-ring (bicyclic) bond motifs is 1. The molecule has 4 aromatic rings. The second kappa shape index (κ2) is 10.7. The molecule has 1 heterocycles. The van der Waals surface area contributed by atoms with Gasteiger partial charge in [0, 0.05) is 17.0 Å². The van der Waals surface area contributed by atoms with Crippen molar-refractivity contribution < 1.29 is 9.59 Å². The number of anilines is 1. The van der Waals surface area contributed by atoms with Crippen LogP contribution in [-0.2, 0) is 17.9 Å². The van der Waals surface area contributed by atoms with Gasteiger partial charge in [-0.2, -0.15) is 0 Å². The standard InChI is InChI=1S/C31H26N2O2S/c1-22-11-13-25(14-12-22)21-33-27-9-5-6-10-28(27)36-29(31(33)35)19-23-15-17-26(18-16-23)30(34)32-20-24-7-3-2-4-8-24/h2-19H,20-21H2,1H3,(H,32,34). The maximum absolute atomic E-state index is 13.5. The summed E-state index contributed by atoms with van der Waals surface area (Å²) >= 11 is 1.48. The average Bonchev–Trinajstić information content (AvgIpc) is 2.92. The van der Waals surface area contributed by atoms with Gasteiger partial charge in [0.15, 0.2) is 0 Å². The third kappa shape index (κ3) is 5.42. The Balaban J connectivity index is 1.34. The first kappa shape index (κ1) is 23.6. The molecule has 5 rings (SSSR count). The molecule has 0 spiro atoms. The highest BCUT2D eigenvalue weighted by molar-refractivity contribution is 8.04. The molecule has 0 radical (unpaired) electrons. The Kier molecular flexibility index (Phi) is 7.01. The number of hydrogen-bond acceptors (Lipinski definition) is 3. The first-order valence-corrected chi connectivity index (χ1v) is 12.7. The average molecular weight is 491 g/mol. The van der Waals surface area contributed by atoms with Crippen LogP contribution in [0, 0.1) is 6.92 Å². The zero-order chi connectivity index (χ0) is 24.9. The molecule has 0 bridgehead atoms. The summed E-state index contributed by atoms with van der Waals surface area (Å²) in [5.41, 5.74) is 5.71. The lowest BCUT2D eigenvalue weighted by molar-refractivity contribution is -0.114. The molecule has 178 valence electrons. The minimum Gasteiger partial charge on any atom is -0.348 e. The minimum atomic E-state index is -0.126. The fraction of sp³-hybridized carbons (Fsp3) is 0.0968. The Bertz CT molecular complexity index is 1410.